The summed E-state index contributed by atoms with van der Waals surface area (Å²) in [5.74, 6) is 0.643. The average molecular weight is 393 g/mol. The highest BCUT2D eigenvalue weighted by Gasteiger charge is 2.39. The summed E-state index contributed by atoms with van der Waals surface area (Å²) >= 11 is 0. The van der Waals surface area contributed by atoms with Crippen molar-refractivity contribution in [3.05, 3.63) is 60.2 Å². The van der Waals surface area contributed by atoms with Crippen molar-refractivity contribution in [2.45, 2.75) is 12.5 Å². The predicted molar refractivity (Wildman–Crippen MR) is 112 cm³/mol. The smallest absolute Gasteiger partial charge is 0.228 e. The Morgan fingerprint density at radius 1 is 1.00 bits per heavy atom. The number of hydrogen-bond acceptors (Lipinski definition) is 4. The number of para-hydroxylation sites is 2. The van der Waals surface area contributed by atoms with Gasteiger partial charge in [-0.3, -0.25) is 14.5 Å². The summed E-state index contributed by atoms with van der Waals surface area (Å²) in [5, 5.41) is 0. The Kier molecular flexibility index (Phi) is 5.53. The van der Waals surface area contributed by atoms with Gasteiger partial charge in [0.1, 0.15) is 5.75 Å². The lowest BCUT2D eigenvalue weighted by molar-refractivity contribution is -0.138. The summed E-state index contributed by atoms with van der Waals surface area (Å²) in [6, 6.07) is 17.6. The maximum atomic E-state index is 13.3. The van der Waals surface area contributed by atoms with Crippen molar-refractivity contribution < 1.29 is 14.3 Å². The number of piperazine rings is 1. The summed E-state index contributed by atoms with van der Waals surface area (Å²) < 4.78 is 5.54. The topological polar surface area (TPSA) is 53.1 Å². The standard InChI is InChI=1S/C23H27N3O3/c1-24-12-13-25(16-20(24)19-10-6-7-11-21(19)29-2)23(28)17-14-22(27)26(15-17)18-8-4-3-5-9-18/h3-11,17,20H,12-16H2,1-2H3. The lowest BCUT2D eigenvalue weighted by Crippen LogP contribution is -2.51. The molecule has 0 N–H and O–H groups in total. The van der Waals surface area contributed by atoms with E-state index in [2.05, 4.69) is 18.0 Å². The van der Waals surface area contributed by atoms with E-state index in [0.29, 0.717) is 19.6 Å². The average Bonchev–Trinajstić information content (AvgIpc) is 3.16. The minimum absolute atomic E-state index is 0.0185. The molecule has 2 aliphatic rings. The monoisotopic (exact) mass is 393 g/mol. The van der Waals surface area contributed by atoms with Crippen LogP contribution >= 0.6 is 0 Å². The van der Waals surface area contributed by atoms with E-state index in [1.54, 1.807) is 12.0 Å². The van der Waals surface area contributed by atoms with Gasteiger partial charge in [-0.2, -0.15) is 0 Å². The van der Waals surface area contributed by atoms with E-state index in [4.69, 9.17) is 4.74 Å². The molecular weight excluding hydrogens is 366 g/mol. The predicted octanol–water partition coefficient (Wildman–Crippen LogP) is 2.56. The molecule has 4 rings (SSSR count). The van der Waals surface area contributed by atoms with E-state index in [1.807, 2.05) is 53.4 Å². The van der Waals surface area contributed by atoms with Crippen molar-refractivity contribution in [2.24, 2.45) is 5.92 Å². The second kappa shape index (κ2) is 8.25. The summed E-state index contributed by atoms with van der Waals surface area (Å²) in [4.78, 5) is 31.7. The van der Waals surface area contributed by atoms with Crippen LogP contribution in [0.3, 0.4) is 0 Å². The summed E-state index contributed by atoms with van der Waals surface area (Å²) in [5.41, 5.74) is 1.95. The van der Waals surface area contributed by atoms with Crippen LogP contribution in [0.2, 0.25) is 0 Å². The van der Waals surface area contributed by atoms with E-state index in [0.717, 1.165) is 23.5 Å². The molecule has 2 fully saturated rings. The fourth-order valence-corrected chi connectivity index (χ4v) is 4.34. The van der Waals surface area contributed by atoms with E-state index in [-0.39, 0.29) is 30.2 Å². The zero-order chi connectivity index (χ0) is 20.4. The van der Waals surface area contributed by atoms with Crippen molar-refractivity contribution in [1.82, 2.24) is 9.80 Å². The first-order valence-corrected chi connectivity index (χ1v) is 10.1. The van der Waals surface area contributed by atoms with Crippen molar-refractivity contribution in [3.63, 3.8) is 0 Å². The number of methoxy groups -OCH3 is 1. The maximum Gasteiger partial charge on any atom is 0.228 e. The molecule has 0 radical (unpaired) electrons. The molecule has 152 valence electrons. The first kappa shape index (κ1) is 19.5. The van der Waals surface area contributed by atoms with Crippen LogP contribution in [0, 0.1) is 5.92 Å². The first-order valence-electron chi connectivity index (χ1n) is 10.1. The number of nitrogens with zero attached hydrogens (tertiary/aromatic N) is 3. The van der Waals surface area contributed by atoms with Gasteiger partial charge in [-0.25, -0.2) is 0 Å². The fraction of sp³-hybridized carbons (Fsp3) is 0.391. The quantitative estimate of drug-likeness (QED) is 0.801. The third-order valence-corrected chi connectivity index (χ3v) is 6.00. The molecule has 6 nitrogen and oxygen atoms in total. The lowest BCUT2D eigenvalue weighted by Gasteiger charge is -2.40. The van der Waals surface area contributed by atoms with Crippen LogP contribution in [0.15, 0.2) is 54.6 Å². The van der Waals surface area contributed by atoms with Crippen LogP contribution in [-0.4, -0.2) is 62.0 Å². The van der Waals surface area contributed by atoms with Crippen molar-refractivity contribution in [1.29, 1.82) is 0 Å². The minimum Gasteiger partial charge on any atom is -0.496 e. The number of carbonyl (C=O) groups is 2. The second-order valence-electron chi connectivity index (χ2n) is 7.76. The highest BCUT2D eigenvalue weighted by molar-refractivity contribution is 6.00. The molecule has 29 heavy (non-hydrogen) atoms. The van der Waals surface area contributed by atoms with Gasteiger partial charge in [-0.1, -0.05) is 36.4 Å². The molecule has 2 unspecified atom stereocenters. The lowest BCUT2D eigenvalue weighted by atomic mass is 10.00. The van der Waals surface area contributed by atoms with Crippen molar-refractivity contribution in [2.75, 3.05) is 45.2 Å². The molecule has 2 aromatic rings. The van der Waals surface area contributed by atoms with Gasteiger partial charge < -0.3 is 14.5 Å². The number of carbonyl (C=O) groups excluding carboxylic acids is 2. The Hall–Kier alpha value is -2.86. The number of benzene rings is 2. The molecule has 0 spiro atoms. The molecule has 0 aliphatic carbocycles. The molecule has 0 aromatic heterocycles. The molecule has 2 aromatic carbocycles. The minimum atomic E-state index is -0.288. The summed E-state index contributed by atoms with van der Waals surface area (Å²) in [7, 11) is 3.75. The van der Waals surface area contributed by atoms with Gasteiger partial charge in [-0.15, -0.1) is 0 Å². The van der Waals surface area contributed by atoms with Gasteiger partial charge in [-0.05, 0) is 25.2 Å². The molecule has 2 amide bonds. The number of rotatable bonds is 4. The first-order chi connectivity index (χ1) is 14.1. The van der Waals surface area contributed by atoms with Gasteiger partial charge in [0.15, 0.2) is 0 Å². The van der Waals surface area contributed by atoms with Crippen molar-refractivity contribution >= 4 is 17.5 Å². The highest BCUT2D eigenvalue weighted by atomic mass is 16.5. The van der Waals surface area contributed by atoms with E-state index < -0.39 is 0 Å². The Labute approximate surface area is 171 Å². The van der Waals surface area contributed by atoms with Crippen LogP contribution in [0.25, 0.3) is 0 Å². The van der Waals surface area contributed by atoms with Gasteiger partial charge in [0.25, 0.3) is 0 Å². The van der Waals surface area contributed by atoms with E-state index >= 15 is 0 Å². The van der Waals surface area contributed by atoms with Crippen LogP contribution in [0.1, 0.15) is 18.0 Å². The SMILES string of the molecule is COc1ccccc1C1CN(C(=O)C2CC(=O)N(c3ccccc3)C2)CCN1C. The largest absolute Gasteiger partial charge is 0.496 e. The fourth-order valence-electron chi connectivity index (χ4n) is 4.34. The number of likely N-dealkylation sites (N-methyl/N-ethyl adjacent to an activating group) is 1. The summed E-state index contributed by atoms with van der Waals surface area (Å²) in [6.07, 6.45) is 0.277. The van der Waals surface area contributed by atoms with Crippen molar-refractivity contribution in [3.8, 4) is 5.75 Å². The summed E-state index contributed by atoms with van der Waals surface area (Å²) in [6.45, 7) is 2.52. The Balaban J connectivity index is 1.49. The van der Waals surface area contributed by atoms with Gasteiger partial charge >= 0.3 is 0 Å². The number of amides is 2. The second-order valence-corrected chi connectivity index (χ2v) is 7.76. The van der Waals surface area contributed by atoms with Crippen LogP contribution < -0.4 is 9.64 Å². The molecule has 0 saturated carbocycles. The van der Waals surface area contributed by atoms with Gasteiger partial charge in [0, 0.05) is 43.9 Å². The number of anilines is 1. The molecule has 2 aliphatic heterocycles. The van der Waals surface area contributed by atoms with E-state index in [9.17, 15) is 9.59 Å². The Morgan fingerprint density at radius 2 is 1.72 bits per heavy atom. The normalized spacial score (nSPS) is 22.8. The van der Waals surface area contributed by atoms with Gasteiger partial charge in [0.05, 0.1) is 19.1 Å². The highest BCUT2D eigenvalue weighted by Crippen LogP contribution is 2.33. The van der Waals surface area contributed by atoms with Crippen LogP contribution in [-0.2, 0) is 9.59 Å². The zero-order valence-corrected chi connectivity index (χ0v) is 17.0. The van der Waals surface area contributed by atoms with E-state index in [1.165, 1.54) is 0 Å². The zero-order valence-electron chi connectivity index (χ0n) is 17.0. The van der Waals surface area contributed by atoms with Crippen LogP contribution in [0.5, 0.6) is 5.75 Å². The third kappa shape index (κ3) is 3.85. The number of hydrogen-bond donors (Lipinski definition) is 0. The molecule has 2 saturated heterocycles. The number of ether oxygens (including phenoxy) is 1. The molecule has 2 heterocycles. The Morgan fingerprint density at radius 3 is 2.48 bits per heavy atom. The molecular formula is C23H27N3O3. The molecule has 6 heteroatoms. The van der Waals surface area contributed by atoms with Crippen LogP contribution in [0.4, 0.5) is 5.69 Å². The molecule has 2 atom stereocenters. The molecule has 0 bridgehead atoms. The van der Waals surface area contributed by atoms with Gasteiger partial charge in [0.2, 0.25) is 11.8 Å². The third-order valence-electron chi connectivity index (χ3n) is 6.00. The maximum absolute atomic E-state index is 13.3. The Bertz CT molecular complexity index is 886.